The largest absolute Gasteiger partial charge is 0.573 e. The second-order valence-electron chi connectivity index (χ2n) is 5.84. The van der Waals surface area contributed by atoms with Gasteiger partial charge in [0.05, 0.1) is 0 Å². The highest BCUT2D eigenvalue weighted by Crippen LogP contribution is 2.35. The number of hydrogen-bond acceptors (Lipinski definition) is 3. The van der Waals surface area contributed by atoms with Crippen molar-refractivity contribution in [2.24, 2.45) is 0 Å². The van der Waals surface area contributed by atoms with Crippen molar-refractivity contribution in [1.82, 2.24) is 0 Å². The Morgan fingerprint density at radius 3 is 2.33 bits per heavy atom. The van der Waals surface area contributed by atoms with Crippen LogP contribution < -0.4 is 4.74 Å². The van der Waals surface area contributed by atoms with E-state index >= 15 is 0 Å². The topological polar surface area (TPSA) is 35.5 Å². The highest BCUT2D eigenvalue weighted by Gasteiger charge is 2.31. The lowest BCUT2D eigenvalue weighted by Crippen LogP contribution is -2.23. The quantitative estimate of drug-likeness (QED) is 0.550. The second kappa shape index (κ2) is 8.22. The summed E-state index contributed by atoms with van der Waals surface area (Å²) >= 11 is 0. The molecule has 0 unspecified atom stereocenters. The third-order valence-electron chi connectivity index (χ3n) is 4.03. The van der Waals surface area contributed by atoms with Gasteiger partial charge in [-0.15, -0.1) is 13.2 Å². The Morgan fingerprint density at radius 2 is 1.79 bits per heavy atom. The van der Waals surface area contributed by atoms with Crippen LogP contribution in [0.5, 0.6) is 5.75 Å². The number of rotatable bonds is 5. The molecule has 132 valence electrons. The van der Waals surface area contributed by atoms with E-state index in [0.717, 1.165) is 37.7 Å². The van der Waals surface area contributed by atoms with Gasteiger partial charge in [-0.25, -0.2) is 4.79 Å². The van der Waals surface area contributed by atoms with Crippen molar-refractivity contribution in [1.29, 1.82) is 0 Å². The number of halogens is 3. The van der Waals surface area contributed by atoms with E-state index in [0.29, 0.717) is 0 Å². The fourth-order valence-corrected chi connectivity index (χ4v) is 2.87. The van der Waals surface area contributed by atoms with Gasteiger partial charge in [-0.1, -0.05) is 25.1 Å². The number of carbonyl (C=O) groups is 1. The van der Waals surface area contributed by atoms with Gasteiger partial charge in [0, 0.05) is 6.08 Å². The zero-order valence-electron chi connectivity index (χ0n) is 13.5. The maximum atomic E-state index is 12.2. The maximum Gasteiger partial charge on any atom is 0.573 e. The smallest absolute Gasteiger partial charge is 0.459 e. The molecule has 1 aliphatic rings. The number of carbonyl (C=O) groups excluding carboxylic acids is 1. The molecule has 0 radical (unpaired) electrons. The highest BCUT2D eigenvalue weighted by molar-refractivity contribution is 5.82. The molecule has 1 saturated carbocycles. The zero-order valence-corrected chi connectivity index (χ0v) is 13.5. The average Bonchev–Trinajstić information content (AvgIpc) is 2.53. The van der Waals surface area contributed by atoms with E-state index in [9.17, 15) is 18.0 Å². The number of hydrogen-bond donors (Lipinski definition) is 0. The Balaban J connectivity index is 1.84. The van der Waals surface area contributed by atoms with Gasteiger partial charge >= 0.3 is 12.3 Å². The fourth-order valence-electron chi connectivity index (χ4n) is 2.87. The SMILES string of the molecule is CCC=CC(=O)OC1CCC(c2ccc(OC(F)(F)F)cc2)CC1. The molecule has 3 nitrogen and oxygen atoms in total. The first-order valence-electron chi connectivity index (χ1n) is 8.10. The fraction of sp³-hybridized carbons (Fsp3) is 0.500. The van der Waals surface area contributed by atoms with Crippen LogP contribution in [-0.2, 0) is 9.53 Å². The van der Waals surface area contributed by atoms with Crippen LogP contribution in [0.15, 0.2) is 36.4 Å². The molecule has 1 aliphatic carbocycles. The van der Waals surface area contributed by atoms with Gasteiger partial charge < -0.3 is 9.47 Å². The molecule has 0 aromatic heterocycles. The Hall–Kier alpha value is -1.98. The second-order valence-corrected chi connectivity index (χ2v) is 5.84. The van der Waals surface area contributed by atoms with E-state index in [1.165, 1.54) is 18.2 Å². The summed E-state index contributed by atoms with van der Waals surface area (Å²) in [5, 5.41) is 0. The van der Waals surface area contributed by atoms with E-state index in [2.05, 4.69) is 4.74 Å². The van der Waals surface area contributed by atoms with E-state index in [-0.39, 0.29) is 23.7 Å². The van der Waals surface area contributed by atoms with Crippen LogP contribution in [0.2, 0.25) is 0 Å². The number of ether oxygens (including phenoxy) is 2. The van der Waals surface area contributed by atoms with Gasteiger partial charge in [-0.3, -0.25) is 0 Å². The Bertz CT molecular complexity index is 556. The zero-order chi connectivity index (χ0) is 17.6. The van der Waals surface area contributed by atoms with E-state index in [1.807, 2.05) is 6.92 Å². The lowest BCUT2D eigenvalue weighted by molar-refractivity contribution is -0.274. The van der Waals surface area contributed by atoms with E-state index in [4.69, 9.17) is 4.74 Å². The summed E-state index contributed by atoms with van der Waals surface area (Å²) in [5.41, 5.74) is 0.986. The highest BCUT2D eigenvalue weighted by atomic mass is 19.4. The first kappa shape index (κ1) is 18.4. The van der Waals surface area contributed by atoms with Crippen LogP contribution in [0.3, 0.4) is 0 Å². The van der Waals surface area contributed by atoms with Gasteiger partial charge in [0.15, 0.2) is 0 Å². The third-order valence-corrected chi connectivity index (χ3v) is 4.03. The van der Waals surface area contributed by atoms with Crippen LogP contribution in [0.4, 0.5) is 13.2 Å². The normalized spacial score (nSPS) is 21.7. The molecule has 0 atom stereocenters. The maximum absolute atomic E-state index is 12.2. The van der Waals surface area contributed by atoms with Gasteiger partial charge in [-0.2, -0.15) is 0 Å². The van der Waals surface area contributed by atoms with Crippen LogP contribution in [0, 0.1) is 0 Å². The predicted octanol–water partition coefficient (Wildman–Crippen LogP) is 5.12. The molecule has 0 N–H and O–H groups in total. The Kier molecular flexibility index (Phi) is 6.29. The minimum absolute atomic E-state index is 0.0805. The molecule has 24 heavy (non-hydrogen) atoms. The molecule has 0 saturated heterocycles. The van der Waals surface area contributed by atoms with Crippen molar-refractivity contribution in [2.45, 2.75) is 57.4 Å². The van der Waals surface area contributed by atoms with E-state index in [1.54, 1.807) is 18.2 Å². The van der Waals surface area contributed by atoms with Gasteiger partial charge in [0.1, 0.15) is 11.9 Å². The molecule has 0 amide bonds. The summed E-state index contributed by atoms with van der Waals surface area (Å²) in [6.07, 6.45) is 2.45. The van der Waals surface area contributed by atoms with Crippen molar-refractivity contribution in [3.63, 3.8) is 0 Å². The molecule has 1 aromatic carbocycles. The molecule has 0 heterocycles. The molecule has 0 spiro atoms. The van der Waals surface area contributed by atoms with Crippen molar-refractivity contribution in [3.8, 4) is 5.75 Å². The number of benzene rings is 1. The minimum Gasteiger partial charge on any atom is -0.459 e. The van der Waals surface area contributed by atoms with Gasteiger partial charge in [0.25, 0.3) is 0 Å². The van der Waals surface area contributed by atoms with Gasteiger partial charge in [-0.05, 0) is 55.7 Å². The first-order chi connectivity index (χ1) is 11.4. The summed E-state index contributed by atoms with van der Waals surface area (Å²) in [5.74, 6) is -0.253. The van der Waals surface area contributed by atoms with Crippen molar-refractivity contribution < 1.29 is 27.4 Å². The van der Waals surface area contributed by atoms with Crippen LogP contribution >= 0.6 is 0 Å². The number of allylic oxidation sites excluding steroid dienone is 1. The molecule has 1 aromatic rings. The Morgan fingerprint density at radius 1 is 1.17 bits per heavy atom. The standard InChI is InChI=1S/C18H21F3O3/c1-2-3-4-17(22)23-15-9-5-13(6-10-15)14-7-11-16(12-8-14)24-18(19,20)21/h3-4,7-8,11-13,15H,2,5-6,9-10H2,1H3. The monoisotopic (exact) mass is 342 g/mol. The summed E-state index contributed by atoms with van der Waals surface area (Å²) < 4.78 is 45.7. The molecular formula is C18H21F3O3. The lowest BCUT2D eigenvalue weighted by Gasteiger charge is -2.28. The molecule has 0 aliphatic heterocycles. The molecule has 1 fully saturated rings. The molecule has 6 heteroatoms. The first-order valence-corrected chi connectivity index (χ1v) is 8.10. The summed E-state index contributed by atoms with van der Waals surface area (Å²) in [4.78, 5) is 11.6. The Labute approximate surface area is 139 Å². The summed E-state index contributed by atoms with van der Waals surface area (Å²) in [7, 11) is 0. The minimum atomic E-state index is -4.67. The van der Waals surface area contributed by atoms with Crippen molar-refractivity contribution >= 4 is 5.97 Å². The van der Waals surface area contributed by atoms with Crippen molar-refractivity contribution in [2.75, 3.05) is 0 Å². The number of esters is 1. The van der Waals surface area contributed by atoms with Gasteiger partial charge in [0.2, 0.25) is 0 Å². The number of alkyl halides is 3. The predicted molar refractivity (Wildman–Crippen MR) is 83.6 cm³/mol. The molecular weight excluding hydrogens is 321 g/mol. The summed E-state index contributed by atoms with van der Waals surface area (Å²) in [6, 6.07) is 6.01. The third kappa shape index (κ3) is 5.91. The summed E-state index contributed by atoms with van der Waals surface area (Å²) in [6.45, 7) is 1.94. The lowest BCUT2D eigenvalue weighted by atomic mass is 9.83. The molecule has 2 rings (SSSR count). The van der Waals surface area contributed by atoms with Crippen LogP contribution in [-0.4, -0.2) is 18.4 Å². The average molecular weight is 342 g/mol. The van der Waals surface area contributed by atoms with E-state index < -0.39 is 6.36 Å². The van der Waals surface area contributed by atoms with Crippen LogP contribution in [0.25, 0.3) is 0 Å². The van der Waals surface area contributed by atoms with Crippen molar-refractivity contribution in [3.05, 3.63) is 42.0 Å². The van der Waals surface area contributed by atoms with Crippen LogP contribution in [0.1, 0.15) is 50.5 Å². The molecule has 0 bridgehead atoms.